The fourth-order valence-corrected chi connectivity index (χ4v) is 2.22. The minimum atomic E-state index is -0.476. The Labute approximate surface area is 201 Å². The Morgan fingerprint density at radius 1 is 1.00 bits per heavy atom. The van der Waals surface area contributed by atoms with Gasteiger partial charge in [0.15, 0.2) is 0 Å². The third kappa shape index (κ3) is 35.2. The van der Waals surface area contributed by atoms with Crippen molar-refractivity contribution >= 4 is 12.2 Å². The molecule has 200 valence electrons. The van der Waals surface area contributed by atoms with Crippen molar-refractivity contribution < 1.29 is 38.4 Å². The number of carbonyl (C=O) groups excluding carboxylic acids is 2. The number of aliphatic imine (C=N–C) groups is 1. The largest absolute Gasteiger partial charge is 0.446 e. The van der Waals surface area contributed by atoms with Crippen LogP contribution in [-0.2, 0) is 28.5 Å². The van der Waals surface area contributed by atoms with Crippen LogP contribution in [0, 0.1) is 0 Å². The van der Waals surface area contributed by atoms with Crippen molar-refractivity contribution in [1.29, 1.82) is 0 Å². The van der Waals surface area contributed by atoms with E-state index in [2.05, 4.69) is 17.2 Å². The molecule has 10 heteroatoms. The Bertz CT molecular complexity index is 435. The Kier molecular flexibility index (Phi) is 38.3. The number of hydrogen-bond acceptors (Lipinski definition) is 9. The highest BCUT2D eigenvalue weighted by atomic mass is 16.6. The van der Waals surface area contributed by atoms with Gasteiger partial charge in [-0.05, 0) is 19.8 Å². The molecular weight excluding hydrogens is 432 g/mol. The zero-order valence-electron chi connectivity index (χ0n) is 19.6. The van der Waals surface area contributed by atoms with Crippen LogP contribution in [0.3, 0.4) is 0 Å². The van der Waals surface area contributed by atoms with Crippen molar-refractivity contribution in [3.63, 3.8) is 0 Å². The molecule has 2 atom stereocenters. The molecule has 0 saturated carbocycles. The van der Waals surface area contributed by atoms with Crippen LogP contribution < -0.4 is 5.32 Å². The number of hydrogen-bond donors (Lipinski definition) is 2. The number of rotatable bonds is 19. The third-order valence-corrected chi connectivity index (χ3v) is 3.81. The summed E-state index contributed by atoms with van der Waals surface area (Å²) in [6.07, 6.45) is 4.30. The van der Waals surface area contributed by atoms with Crippen LogP contribution in [0.5, 0.6) is 0 Å². The number of nitrogens with zero attached hydrogens (tertiary/aromatic N) is 1. The number of unbranched alkanes of at least 4 members (excludes halogenated alkanes) is 1. The number of nitrogens with one attached hydrogen (secondary N) is 1. The lowest BCUT2D eigenvalue weighted by Crippen LogP contribution is -2.32. The number of ether oxygens (including phenoxy) is 5. The van der Waals surface area contributed by atoms with Gasteiger partial charge in [-0.25, -0.2) is 14.6 Å². The van der Waals surface area contributed by atoms with Crippen molar-refractivity contribution in [2.24, 2.45) is 4.99 Å². The van der Waals surface area contributed by atoms with Crippen LogP contribution in [0.15, 0.2) is 4.99 Å². The fraction of sp³-hybridized carbons (Fsp3) is 0.913. The molecule has 0 aromatic heterocycles. The monoisotopic (exact) mass is 482 g/mol. The highest BCUT2D eigenvalue weighted by molar-refractivity contribution is 5.67. The van der Waals surface area contributed by atoms with E-state index in [1.54, 1.807) is 21.1 Å². The summed E-state index contributed by atoms with van der Waals surface area (Å²) in [5.41, 5.74) is 0. The SMILES string of the molecule is C.C.CCCCC(O)CC(C)OC(=O)NCCOCCOC.COCCOCCCN=C=O. The molecule has 0 rings (SSSR count). The molecule has 33 heavy (non-hydrogen) atoms. The molecule has 0 radical (unpaired) electrons. The summed E-state index contributed by atoms with van der Waals surface area (Å²) >= 11 is 0. The standard InChI is InChI=1S/C14H29NO5.C7H13NO3.2CH4/c1-4-5-6-13(16)11-12(2)20-14(17)15-7-8-19-10-9-18-3;1-10-5-6-11-4-2-3-8-7-9;;/h12-13,16H,4-11H2,1-3H3,(H,15,17);2-6H2,1H3;2*1H4. The highest BCUT2D eigenvalue weighted by Gasteiger charge is 2.13. The van der Waals surface area contributed by atoms with Crippen molar-refractivity contribution in [3.05, 3.63) is 0 Å². The van der Waals surface area contributed by atoms with Gasteiger partial charge in [-0.1, -0.05) is 34.6 Å². The molecule has 0 aromatic carbocycles. The Morgan fingerprint density at radius 3 is 2.15 bits per heavy atom. The van der Waals surface area contributed by atoms with E-state index < -0.39 is 12.2 Å². The quantitative estimate of drug-likeness (QED) is 0.163. The van der Waals surface area contributed by atoms with E-state index in [0.717, 1.165) is 25.7 Å². The second kappa shape index (κ2) is 32.6. The molecule has 2 N–H and O–H groups in total. The number of carbonyl (C=O) groups is 1. The molecule has 0 fully saturated rings. The van der Waals surface area contributed by atoms with E-state index in [1.807, 2.05) is 0 Å². The summed E-state index contributed by atoms with van der Waals surface area (Å²) in [5, 5.41) is 12.3. The van der Waals surface area contributed by atoms with Gasteiger partial charge >= 0.3 is 6.09 Å². The molecule has 0 spiro atoms. The minimum absolute atomic E-state index is 0. The Balaban J connectivity index is -0.000000278. The van der Waals surface area contributed by atoms with E-state index in [0.29, 0.717) is 59.2 Å². The molecule has 0 heterocycles. The van der Waals surface area contributed by atoms with Crippen molar-refractivity contribution in [2.45, 2.75) is 73.0 Å². The summed E-state index contributed by atoms with van der Waals surface area (Å²) < 4.78 is 25.0. The minimum Gasteiger partial charge on any atom is -0.446 e. The zero-order chi connectivity index (χ0) is 23.6. The summed E-state index contributed by atoms with van der Waals surface area (Å²) in [7, 11) is 3.23. The van der Waals surface area contributed by atoms with Crippen LogP contribution in [0.2, 0.25) is 0 Å². The first-order valence-corrected chi connectivity index (χ1v) is 10.8. The van der Waals surface area contributed by atoms with Crippen LogP contribution in [0.4, 0.5) is 4.79 Å². The normalized spacial score (nSPS) is 11.4. The number of isocyanates is 1. The number of alkyl carbamates (subject to hydrolysis) is 1. The van der Waals surface area contributed by atoms with Crippen molar-refractivity contribution in [1.82, 2.24) is 5.32 Å². The number of amides is 1. The molecule has 0 aliphatic carbocycles. The van der Waals surface area contributed by atoms with Crippen LogP contribution in [-0.4, -0.2) is 96.4 Å². The van der Waals surface area contributed by atoms with Crippen LogP contribution in [0.25, 0.3) is 0 Å². The maximum Gasteiger partial charge on any atom is 0.407 e. The second-order valence-electron chi connectivity index (χ2n) is 6.71. The van der Waals surface area contributed by atoms with Gasteiger partial charge in [-0.2, -0.15) is 0 Å². The van der Waals surface area contributed by atoms with E-state index >= 15 is 0 Å². The van der Waals surface area contributed by atoms with Gasteiger partial charge in [0.25, 0.3) is 0 Å². The number of aliphatic hydroxyl groups is 1. The molecule has 0 bridgehead atoms. The molecule has 2 unspecified atom stereocenters. The van der Waals surface area contributed by atoms with Crippen molar-refractivity contribution in [3.8, 4) is 0 Å². The summed E-state index contributed by atoms with van der Waals surface area (Å²) in [4.78, 5) is 24.4. The predicted molar refractivity (Wildman–Crippen MR) is 131 cm³/mol. The summed E-state index contributed by atoms with van der Waals surface area (Å²) in [6, 6.07) is 0. The molecule has 0 aromatic rings. The van der Waals surface area contributed by atoms with Gasteiger partial charge in [-0.15, -0.1) is 0 Å². The zero-order valence-corrected chi connectivity index (χ0v) is 19.6. The smallest absolute Gasteiger partial charge is 0.407 e. The molecule has 0 aliphatic heterocycles. The van der Waals surface area contributed by atoms with E-state index in [4.69, 9.17) is 23.7 Å². The number of aliphatic hydroxyl groups excluding tert-OH is 1. The fourth-order valence-electron chi connectivity index (χ4n) is 2.22. The molecular formula is C23H50N2O8. The van der Waals surface area contributed by atoms with Crippen molar-refractivity contribution in [2.75, 3.05) is 67.0 Å². The lowest BCUT2D eigenvalue weighted by Gasteiger charge is -2.17. The first kappa shape index (κ1) is 38.7. The van der Waals surface area contributed by atoms with E-state index in [-0.39, 0.29) is 21.0 Å². The molecule has 0 saturated heterocycles. The summed E-state index contributed by atoms with van der Waals surface area (Å²) in [6.45, 7) is 8.05. The topological polar surface area (TPSA) is 125 Å². The lowest BCUT2D eigenvalue weighted by molar-refractivity contribution is 0.0530. The maximum absolute atomic E-state index is 11.4. The first-order valence-electron chi connectivity index (χ1n) is 10.8. The Hall–Kier alpha value is -1.55. The number of methoxy groups -OCH3 is 2. The average molecular weight is 483 g/mol. The van der Waals surface area contributed by atoms with Gasteiger partial charge in [-0.3, -0.25) is 0 Å². The predicted octanol–water partition coefficient (Wildman–Crippen LogP) is 3.35. The van der Waals surface area contributed by atoms with E-state index in [9.17, 15) is 14.7 Å². The van der Waals surface area contributed by atoms with E-state index in [1.165, 1.54) is 6.08 Å². The molecule has 0 aliphatic rings. The van der Waals surface area contributed by atoms with Gasteiger partial charge in [0, 0.05) is 33.8 Å². The van der Waals surface area contributed by atoms with Gasteiger partial charge in [0.1, 0.15) is 6.10 Å². The van der Waals surface area contributed by atoms with Gasteiger partial charge in [0.05, 0.1) is 45.7 Å². The lowest BCUT2D eigenvalue weighted by atomic mass is 10.1. The second-order valence-corrected chi connectivity index (χ2v) is 6.71. The first-order chi connectivity index (χ1) is 15.0. The summed E-state index contributed by atoms with van der Waals surface area (Å²) in [5.74, 6) is 0. The highest BCUT2D eigenvalue weighted by Crippen LogP contribution is 2.09. The average Bonchev–Trinajstić information content (AvgIpc) is 2.74. The van der Waals surface area contributed by atoms with Crippen LogP contribution >= 0.6 is 0 Å². The molecule has 10 nitrogen and oxygen atoms in total. The Morgan fingerprint density at radius 2 is 1.61 bits per heavy atom. The van der Waals surface area contributed by atoms with Crippen LogP contribution in [0.1, 0.15) is 60.8 Å². The van der Waals surface area contributed by atoms with Gasteiger partial charge < -0.3 is 34.1 Å². The molecule has 1 amide bonds. The maximum atomic E-state index is 11.4. The third-order valence-electron chi connectivity index (χ3n) is 3.81. The van der Waals surface area contributed by atoms with Gasteiger partial charge in [0.2, 0.25) is 6.08 Å².